The van der Waals surface area contributed by atoms with Crippen LogP contribution < -0.4 is 0 Å². The van der Waals surface area contributed by atoms with Crippen LogP contribution in [-0.2, 0) is 0 Å². The first-order valence-electron chi connectivity index (χ1n) is 6.62. The van der Waals surface area contributed by atoms with Gasteiger partial charge >= 0.3 is 0 Å². The van der Waals surface area contributed by atoms with E-state index in [1.807, 2.05) is 42.5 Å². The summed E-state index contributed by atoms with van der Waals surface area (Å²) < 4.78 is 0. The van der Waals surface area contributed by atoms with Crippen molar-refractivity contribution in [3.63, 3.8) is 0 Å². The van der Waals surface area contributed by atoms with Gasteiger partial charge in [-0.05, 0) is 29.0 Å². The Morgan fingerprint density at radius 2 is 1.50 bits per heavy atom. The number of para-hydroxylation sites is 1. The molecule has 96 valence electrons. The molecule has 1 heterocycles. The van der Waals surface area contributed by atoms with Crippen LogP contribution in [0.2, 0.25) is 0 Å². The molecule has 0 amide bonds. The molecule has 0 radical (unpaired) electrons. The van der Waals surface area contributed by atoms with E-state index < -0.39 is 0 Å². The smallest absolute Gasteiger partial charge is 0.125 e. The van der Waals surface area contributed by atoms with E-state index in [0.717, 1.165) is 32.9 Å². The van der Waals surface area contributed by atoms with Crippen LogP contribution in [0.1, 0.15) is 0 Å². The van der Waals surface area contributed by atoms with Gasteiger partial charge in [-0.25, -0.2) is 0 Å². The van der Waals surface area contributed by atoms with Crippen LogP contribution >= 0.6 is 0 Å². The standard InChI is InChI=1S/C18H13NO/c20-17-10-9-12-5-1-3-7-14(12)18(17)16-11-13-6-2-4-8-15(13)19-16/h1-11,19-20H. The van der Waals surface area contributed by atoms with Crippen LogP contribution in [0.3, 0.4) is 0 Å². The molecule has 0 atom stereocenters. The van der Waals surface area contributed by atoms with E-state index in [4.69, 9.17) is 0 Å². The first-order chi connectivity index (χ1) is 9.83. The van der Waals surface area contributed by atoms with Gasteiger partial charge in [-0.15, -0.1) is 0 Å². The Balaban J connectivity index is 2.08. The molecule has 0 spiro atoms. The predicted molar refractivity (Wildman–Crippen MR) is 82.9 cm³/mol. The average molecular weight is 259 g/mol. The van der Waals surface area contributed by atoms with Gasteiger partial charge < -0.3 is 10.1 Å². The summed E-state index contributed by atoms with van der Waals surface area (Å²) in [5.74, 6) is 0.301. The molecule has 0 aliphatic heterocycles. The van der Waals surface area contributed by atoms with E-state index in [1.165, 1.54) is 0 Å². The lowest BCUT2D eigenvalue weighted by molar-refractivity contribution is 0.478. The molecule has 0 fully saturated rings. The number of aromatic nitrogens is 1. The minimum absolute atomic E-state index is 0.301. The zero-order valence-electron chi connectivity index (χ0n) is 10.8. The predicted octanol–water partition coefficient (Wildman–Crippen LogP) is 4.69. The summed E-state index contributed by atoms with van der Waals surface area (Å²) in [5, 5.41) is 13.6. The number of aromatic amines is 1. The highest BCUT2D eigenvalue weighted by Crippen LogP contribution is 2.37. The first-order valence-corrected chi connectivity index (χ1v) is 6.62. The number of phenols is 1. The summed E-state index contributed by atoms with van der Waals surface area (Å²) >= 11 is 0. The van der Waals surface area contributed by atoms with Crippen LogP contribution in [0, 0.1) is 0 Å². The summed E-state index contributed by atoms with van der Waals surface area (Å²) in [6.45, 7) is 0. The zero-order chi connectivity index (χ0) is 13.5. The maximum atomic E-state index is 10.3. The molecule has 2 nitrogen and oxygen atoms in total. The fraction of sp³-hybridized carbons (Fsp3) is 0. The molecule has 0 saturated carbocycles. The monoisotopic (exact) mass is 259 g/mol. The van der Waals surface area contributed by atoms with Gasteiger partial charge in [0.15, 0.2) is 0 Å². The zero-order valence-corrected chi connectivity index (χ0v) is 10.8. The van der Waals surface area contributed by atoms with E-state index >= 15 is 0 Å². The molecule has 4 aromatic rings. The highest BCUT2D eigenvalue weighted by Gasteiger charge is 2.11. The minimum Gasteiger partial charge on any atom is -0.507 e. The summed E-state index contributed by atoms with van der Waals surface area (Å²) in [7, 11) is 0. The Bertz CT molecular complexity index is 888. The molecular weight excluding hydrogens is 246 g/mol. The third-order valence-corrected chi connectivity index (χ3v) is 3.71. The van der Waals surface area contributed by atoms with E-state index in [-0.39, 0.29) is 0 Å². The molecule has 20 heavy (non-hydrogen) atoms. The van der Waals surface area contributed by atoms with Crippen molar-refractivity contribution in [3.05, 3.63) is 66.7 Å². The number of fused-ring (bicyclic) bond motifs is 2. The van der Waals surface area contributed by atoms with E-state index in [2.05, 4.69) is 23.2 Å². The topological polar surface area (TPSA) is 36.0 Å². The van der Waals surface area contributed by atoms with Gasteiger partial charge in [0, 0.05) is 16.5 Å². The van der Waals surface area contributed by atoms with Crippen molar-refractivity contribution in [3.8, 4) is 17.0 Å². The molecule has 0 bridgehead atoms. The van der Waals surface area contributed by atoms with Gasteiger partial charge in [0.05, 0.1) is 5.69 Å². The van der Waals surface area contributed by atoms with Crippen LogP contribution in [-0.4, -0.2) is 10.1 Å². The van der Waals surface area contributed by atoms with Crippen molar-refractivity contribution in [1.82, 2.24) is 4.98 Å². The number of hydrogen-bond acceptors (Lipinski definition) is 1. The molecule has 2 heteroatoms. The second kappa shape index (κ2) is 4.14. The minimum atomic E-state index is 0.301. The molecule has 1 aromatic heterocycles. The number of H-pyrrole nitrogens is 1. The van der Waals surface area contributed by atoms with Gasteiger partial charge in [-0.1, -0.05) is 48.5 Å². The highest BCUT2D eigenvalue weighted by atomic mass is 16.3. The maximum absolute atomic E-state index is 10.3. The highest BCUT2D eigenvalue weighted by molar-refractivity contribution is 6.01. The third-order valence-electron chi connectivity index (χ3n) is 3.71. The lowest BCUT2D eigenvalue weighted by Gasteiger charge is -2.07. The summed E-state index contributed by atoms with van der Waals surface area (Å²) in [6.07, 6.45) is 0. The Labute approximate surface area is 116 Å². The number of benzene rings is 3. The molecule has 0 saturated heterocycles. The molecule has 0 unspecified atom stereocenters. The Kier molecular flexibility index (Phi) is 2.30. The quantitative estimate of drug-likeness (QED) is 0.511. The number of aromatic hydroxyl groups is 1. The Hall–Kier alpha value is -2.74. The molecule has 4 rings (SSSR count). The van der Waals surface area contributed by atoms with Crippen molar-refractivity contribution in [1.29, 1.82) is 0 Å². The number of nitrogens with one attached hydrogen (secondary N) is 1. The lowest BCUT2D eigenvalue weighted by atomic mass is 10.0. The van der Waals surface area contributed by atoms with Crippen LogP contribution in [0.4, 0.5) is 0 Å². The van der Waals surface area contributed by atoms with Gasteiger partial charge in [-0.2, -0.15) is 0 Å². The fourth-order valence-electron chi connectivity index (χ4n) is 2.75. The molecular formula is C18H13NO. The van der Waals surface area contributed by atoms with Gasteiger partial charge in [0.1, 0.15) is 5.75 Å². The molecule has 0 aliphatic rings. The van der Waals surface area contributed by atoms with Crippen LogP contribution in [0.15, 0.2) is 66.7 Å². The summed E-state index contributed by atoms with van der Waals surface area (Å²) in [4.78, 5) is 3.38. The maximum Gasteiger partial charge on any atom is 0.125 e. The van der Waals surface area contributed by atoms with Crippen molar-refractivity contribution >= 4 is 21.7 Å². The average Bonchev–Trinajstić information content (AvgIpc) is 2.90. The van der Waals surface area contributed by atoms with Gasteiger partial charge in [0.2, 0.25) is 0 Å². The van der Waals surface area contributed by atoms with Gasteiger partial charge in [0.25, 0.3) is 0 Å². The number of rotatable bonds is 1. The third kappa shape index (κ3) is 1.58. The molecule has 0 aliphatic carbocycles. The number of phenolic OH excluding ortho intramolecular Hbond substituents is 1. The Morgan fingerprint density at radius 1 is 0.750 bits per heavy atom. The molecule has 3 aromatic carbocycles. The SMILES string of the molecule is Oc1ccc2ccccc2c1-c1cc2ccccc2[nH]1. The van der Waals surface area contributed by atoms with Crippen LogP contribution in [0.5, 0.6) is 5.75 Å². The Morgan fingerprint density at radius 3 is 2.35 bits per heavy atom. The summed E-state index contributed by atoms with van der Waals surface area (Å²) in [5.41, 5.74) is 2.88. The van der Waals surface area contributed by atoms with E-state index in [9.17, 15) is 5.11 Å². The summed E-state index contributed by atoms with van der Waals surface area (Å²) in [6, 6.07) is 22.0. The second-order valence-corrected chi connectivity index (χ2v) is 4.95. The van der Waals surface area contributed by atoms with E-state index in [0.29, 0.717) is 5.75 Å². The van der Waals surface area contributed by atoms with Crippen molar-refractivity contribution in [2.75, 3.05) is 0 Å². The lowest BCUT2D eigenvalue weighted by Crippen LogP contribution is -1.82. The number of hydrogen-bond donors (Lipinski definition) is 2. The van der Waals surface area contributed by atoms with Crippen molar-refractivity contribution in [2.24, 2.45) is 0 Å². The van der Waals surface area contributed by atoms with Crippen LogP contribution in [0.25, 0.3) is 32.9 Å². The largest absolute Gasteiger partial charge is 0.507 e. The first kappa shape index (κ1) is 11.1. The normalized spacial score (nSPS) is 11.2. The van der Waals surface area contributed by atoms with Crippen molar-refractivity contribution < 1.29 is 5.11 Å². The fourth-order valence-corrected chi connectivity index (χ4v) is 2.75. The second-order valence-electron chi connectivity index (χ2n) is 4.95. The van der Waals surface area contributed by atoms with Gasteiger partial charge in [-0.3, -0.25) is 0 Å². The molecule has 2 N–H and O–H groups in total. The van der Waals surface area contributed by atoms with Crippen molar-refractivity contribution in [2.45, 2.75) is 0 Å². The van der Waals surface area contributed by atoms with E-state index in [1.54, 1.807) is 6.07 Å².